The molecule has 7 nitrogen and oxygen atoms in total. The number of hydrogen-bond acceptors (Lipinski definition) is 6. The minimum Gasteiger partial charge on any atom is -0.497 e. The molecule has 0 saturated heterocycles. The molecule has 0 amide bonds. The van der Waals surface area contributed by atoms with E-state index in [9.17, 15) is 0 Å². The van der Waals surface area contributed by atoms with Gasteiger partial charge >= 0.3 is 0 Å². The molecule has 0 fully saturated rings. The molecule has 0 unspecified atom stereocenters. The molecule has 3 aliphatic heterocycles. The Kier molecular flexibility index (Phi) is 4.95. The smallest absolute Gasteiger partial charge is 0.163 e. The molecule has 6 rings (SSSR count). The van der Waals surface area contributed by atoms with Gasteiger partial charge in [-0.25, -0.2) is 0 Å². The molecule has 7 heteroatoms. The van der Waals surface area contributed by atoms with Crippen molar-refractivity contribution >= 4 is 10.9 Å². The lowest BCUT2D eigenvalue weighted by Crippen LogP contribution is -2.15. The van der Waals surface area contributed by atoms with E-state index in [0.717, 1.165) is 62.0 Å². The highest BCUT2D eigenvalue weighted by molar-refractivity contribution is 5.99. The van der Waals surface area contributed by atoms with E-state index in [0.29, 0.717) is 19.8 Å². The maximum absolute atomic E-state index is 5.87. The average Bonchev–Trinajstić information content (AvgIpc) is 3.32. The van der Waals surface area contributed by atoms with Crippen LogP contribution in [0.15, 0.2) is 66.9 Å². The molecule has 0 N–H and O–H groups in total. The van der Waals surface area contributed by atoms with Crippen molar-refractivity contribution < 1.29 is 18.9 Å². The first-order valence-corrected chi connectivity index (χ1v) is 11.1. The highest BCUT2D eigenvalue weighted by Crippen LogP contribution is 2.42. The summed E-state index contributed by atoms with van der Waals surface area (Å²) in [6.07, 6.45) is 2.12. The number of fused-ring (bicyclic) bond motifs is 4. The van der Waals surface area contributed by atoms with Gasteiger partial charge in [0.1, 0.15) is 36.1 Å². The number of aromatic nitrogens is 3. The predicted octanol–water partition coefficient (Wildman–Crippen LogP) is 5.04. The second-order valence-electron chi connectivity index (χ2n) is 8.16. The molecule has 0 saturated carbocycles. The van der Waals surface area contributed by atoms with E-state index < -0.39 is 0 Å². The van der Waals surface area contributed by atoms with Crippen molar-refractivity contribution in [3.05, 3.63) is 72.4 Å². The minimum atomic E-state index is 0.532. The number of pyridine rings is 1. The van der Waals surface area contributed by atoms with Crippen LogP contribution in [0.3, 0.4) is 0 Å². The van der Waals surface area contributed by atoms with Gasteiger partial charge in [0.2, 0.25) is 0 Å². The van der Waals surface area contributed by atoms with Crippen molar-refractivity contribution in [1.82, 2.24) is 14.8 Å². The van der Waals surface area contributed by atoms with Crippen LogP contribution in [0.1, 0.15) is 5.56 Å². The molecule has 3 heterocycles. The van der Waals surface area contributed by atoms with Gasteiger partial charge in [-0.15, -0.1) is 10.2 Å². The Hall–Kier alpha value is -4.26. The third kappa shape index (κ3) is 3.46. The maximum Gasteiger partial charge on any atom is 0.163 e. The molecule has 0 bridgehead atoms. The van der Waals surface area contributed by atoms with Gasteiger partial charge in [0.05, 0.1) is 19.7 Å². The van der Waals surface area contributed by atoms with E-state index in [1.807, 2.05) is 48.5 Å². The van der Waals surface area contributed by atoms with Crippen LogP contribution in [0.25, 0.3) is 33.4 Å². The van der Waals surface area contributed by atoms with Crippen LogP contribution in [0.2, 0.25) is 0 Å². The zero-order valence-electron chi connectivity index (χ0n) is 18.9. The molecule has 0 aliphatic carbocycles. The Morgan fingerprint density at radius 3 is 2.09 bits per heavy atom. The number of methoxy groups -OCH3 is 2. The average molecular weight is 453 g/mol. The van der Waals surface area contributed by atoms with Gasteiger partial charge in [0, 0.05) is 35.3 Å². The van der Waals surface area contributed by atoms with Crippen molar-refractivity contribution in [2.45, 2.75) is 6.54 Å². The van der Waals surface area contributed by atoms with Gasteiger partial charge < -0.3 is 23.5 Å². The Bertz CT molecular complexity index is 1440. The third-order valence-electron chi connectivity index (χ3n) is 6.15. The number of nitrogens with zero attached hydrogens (tertiary/aromatic N) is 3. The molecule has 0 aromatic heterocycles. The molecule has 0 spiro atoms. The predicted molar refractivity (Wildman–Crippen MR) is 129 cm³/mol. The van der Waals surface area contributed by atoms with Crippen LogP contribution in [0.5, 0.6) is 23.0 Å². The van der Waals surface area contributed by atoms with E-state index in [4.69, 9.17) is 18.9 Å². The van der Waals surface area contributed by atoms with E-state index in [1.54, 1.807) is 14.2 Å². The molecule has 3 aromatic carbocycles. The molecular formula is C27H23N3O4. The Balaban J connectivity index is 1.54. The van der Waals surface area contributed by atoms with Crippen LogP contribution in [-0.2, 0) is 6.54 Å². The molecule has 0 atom stereocenters. The SMILES string of the molecule is COc1ccc(Cn2cc3c(-c4ccc(OC)cc4)nnc-3c3cc4c(cc32)OCCO4)cc1. The van der Waals surface area contributed by atoms with Crippen molar-refractivity contribution in [2.75, 3.05) is 27.4 Å². The zero-order valence-corrected chi connectivity index (χ0v) is 18.9. The van der Waals surface area contributed by atoms with Crippen molar-refractivity contribution in [1.29, 1.82) is 0 Å². The van der Waals surface area contributed by atoms with Crippen molar-refractivity contribution in [2.24, 2.45) is 0 Å². The highest BCUT2D eigenvalue weighted by Gasteiger charge is 2.23. The van der Waals surface area contributed by atoms with Gasteiger partial charge in [-0.1, -0.05) is 12.1 Å². The fourth-order valence-corrected chi connectivity index (χ4v) is 4.39. The topological polar surface area (TPSA) is 67.6 Å². The number of rotatable bonds is 5. The molecule has 3 aliphatic rings. The van der Waals surface area contributed by atoms with Gasteiger partial charge in [0.15, 0.2) is 11.5 Å². The quantitative estimate of drug-likeness (QED) is 0.371. The Morgan fingerprint density at radius 2 is 1.41 bits per heavy atom. The fourth-order valence-electron chi connectivity index (χ4n) is 4.39. The van der Waals surface area contributed by atoms with Crippen LogP contribution in [-0.4, -0.2) is 42.2 Å². The van der Waals surface area contributed by atoms with Crippen LogP contribution in [0, 0.1) is 0 Å². The molecule has 0 radical (unpaired) electrons. The van der Waals surface area contributed by atoms with Gasteiger partial charge in [-0.05, 0) is 48.0 Å². The van der Waals surface area contributed by atoms with E-state index in [2.05, 4.69) is 33.1 Å². The summed E-state index contributed by atoms with van der Waals surface area (Å²) in [5.41, 5.74) is 5.79. The van der Waals surface area contributed by atoms with Gasteiger partial charge in [0.25, 0.3) is 0 Å². The first-order chi connectivity index (χ1) is 16.7. The van der Waals surface area contributed by atoms with Crippen molar-refractivity contribution in [3.8, 4) is 45.5 Å². The summed E-state index contributed by atoms with van der Waals surface area (Å²) in [4.78, 5) is 0. The van der Waals surface area contributed by atoms with Crippen LogP contribution in [0.4, 0.5) is 0 Å². The number of ether oxygens (including phenoxy) is 4. The summed E-state index contributed by atoms with van der Waals surface area (Å²) in [7, 11) is 3.33. The van der Waals surface area contributed by atoms with Crippen LogP contribution < -0.4 is 18.9 Å². The van der Waals surface area contributed by atoms with Gasteiger partial charge in [-0.3, -0.25) is 0 Å². The molecule has 170 valence electrons. The zero-order chi connectivity index (χ0) is 23.1. The van der Waals surface area contributed by atoms with Crippen LogP contribution >= 0.6 is 0 Å². The lowest BCUT2D eigenvalue weighted by molar-refractivity contribution is 0.172. The first kappa shape index (κ1) is 20.4. The molecule has 3 aromatic rings. The fraction of sp³-hybridized carbons (Fsp3) is 0.185. The lowest BCUT2D eigenvalue weighted by Gasteiger charge is -2.21. The number of hydrogen-bond donors (Lipinski definition) is 0. The van der Waals surface area contributed by atoms with E-state index in [1.165, 1.54) is 0 Å². The van der Waals surface area contributed by atoms with E-state index in [-0.39, 0.29) is 0 Å². The minimum absolute atomic E-state index is 0.532. The normalized spacial score (nSPS) is 12.8. The highest BCUT2D eigenvalue weighted by atomic mass is 16.6. The summed E-state index contributed by atoms with van der Waals surface area (Å²) < 4.78 is 24.6. The largest absolute Gasteiger partial charge is 0.497 e. The Labute approximate surface area is 196 Å². The maximum atomic E-state index is 5.87. The lowest BCUT2D eigenvalue weighted by atomic mass is 10.0. The van der Waals surface area contributed by atoms with Gasteiger partial charge in [-0.2, -0.15) is 0 Å². The summed E-state index contributed by atoms with van der Waals surface area (Å²) >= 11 is 0. The second kappa shape index (κ2) is 8.26. The number of benzene rings is 3. The third-order valence-corrected chi connectivity index (χ3v) is 6.15. The summed E-state index contributed by atoms with van der Waals surface area (Å²) in [6.45, 7) is 1.74. The summed E-state index contributed by atoms with van der Waals surface area (Å²) in [5.74, 6) is 3.11. The first-order valence-electron chi connectivity index (χ1n) is 11.1. The molecule has 34 heavy (non-hydrogen) atoms. The Morgan fingerprint density at radius 1 is 0.794 bits per heavy atom. The summed E-state index contributed by atoms with van der Waals surface area (Å²) in [5, 5.41) is 10.1. The molecular weight excluding hydrogens is 430 g/mol. The standard InChI is InChI=1S/C27H23N3O4/c1-31-19-7-3-17(4-8-19)15-30-16-22-26(18-5-9-20(32-2)10-6-18)28-29-27(22)21-13-24-25(14-23(21)30)34-12-11-33-24/h3-10,13-14,16H,11-12,15H2,1-2H3. The second-order valence-corrected chi connectivity index (χ2v) is 8.16. The van der Waals surface area contributed by atoms with E-state index >= 15 is 0 Å². The van der Waals surface area contributed by atoms with Crippen molar-refractivity contribution in [3.63, 3.8) is 0 Å². The monoisotopic (exact) mass is 453 g/mol. The summed E-state index contributed by atoms with van der Waals surface area (Å²) in [6, 6.07) is 20.0.